The highest BCUT2D eigenvalue weighted by Gasteiger charge is 2.35. The van der Waals surface area contributed by atoms with Crippen LogP contribution in [0.25, 0.3) is 0 Å². The van der Waals surface area contributed by atoms with Crippen LogP contribution in [0.1, 0.15) is 6.42 Å². The summed E-state index contributed by atoms with van der Waals surface area (Å²) in [6.07, 6.45) is -0.100. The number of carbonyl (C=O) groups excluding carboxylic acids is 1. The minimum absolute atomic E-state index is 0.0702. The first-order valence-corrected chi connectivity index (χ1v) is 9.10. The normalized spacial score (nSPS) is 19.7. The average molecular weight is 436 g/mol. The summed E-state index contributed by atoms with van der Waals surface area (Å²) in [5.74, 6) is -3.18. The Morgan fingerprint density at radius 1 is 1.35 bits per heavy atom. The van der Waals surface area contributed by atoms with Crippen molar-refractivity contribution in [2.75, 3.05) is 17.2 Å². The number of hydrogen-bond donors (Lipinski definition) is 0. The minimum Gasteiger partial charge on any atom is -0.307 e. The highest BCUT2D eigenvalue weighted by atomic mass is 127. The summed E-state index contributed by atoms with van der Waals surface area (Å²) < 4.78 is 50.0. The maximum Gasteiger partial charge on any atom is 0.232 e. The Bertz CT molecular complexity index is 645. The zero-order valence-corrected chi connectivity index (χ0v) is 13.7. The van der Waals surface area contributed by atoms with Crippen molar-refractivity contribution in [3.63, 3.8) is 0 Å². The van der Waals surface area contributed by atoms with Crippen LogP contribution in [0.3, 0.4) is 0 Å². The van der Waals surface area contributed by atoms with Gasteiger partial charge in [-0.15, -0.1) is 0 Å². The molecule has 4 nitrogen and oxygen atoms in total. The van der Waals surface area contributed by atoms with E-state index in [1.807, 2.05) is 0 Å². The van der Waals surface area contributed by atoms with Crippen LogP contribution in [0.5, 0.6) is 0 Å². The predicted octanol–water partition coefficient (Wildman–Crippen LogP) is 2.49. The zero-order valence-electron chi connectivity index (χ0n) is 9.95. The van der Waals surface area contributed by atoms with Gasteiger partial charge in [0.1, 0.15) is 5.69 Å². The quantitative estimate of drug-likeness (QED) is 0.541. The third-order valence-corrected chi connectivity index (χ3v) is 4.76. The van der Waals surface area contributed by atoms with Gasteiger partial charge < -0.3 is 4.90 Å². The zero-order chi connectivity index (χ0) is 15.1. The molecule has 1 aromatic rings. The van der Waals surface area contributed by atoms with Gasteiger partial charge in [0.2, 0.25) is 15.0 Å². The largest absolute Gasteiger partial charge is 0.307 e. The second-order valence-electron chi connectivity index (χ2n) is 4.50. The monoisotopic (exact) mass is 435 g/mol. The second-order valence-corrected chi connectivity index (χ2v) is 8.57. The molecule has 1 fully saturated rings. The first-order chi connectivity index (χ1) is 9.17. The molecule has 1 heterocycles. The fraction of sp³-hybridized carbons (Fsp3) is 0.364. The second kappa shape index (κ2) is 5.72. The number of amides is 1. The SMILES string of the molecule is O=C1CC(CS(=O)(=O)Cl)CN1c1c(F)cc(I)cc1F. The molecular formula is C11H9ClF2INO3S. The van der Waals surface area contributed by atoms with E-state index < -0.39 is 44.0 Å². The van der Waals surface area contributed by atoms with Crippen LogP contribution in [0.2, 0.25) is 0 Å². The maximum absolute atomic E-state index is 13.8. The molecule has 110 valence electrons. The smallest absolute Gasteiger partial charge is 0.232 e. The molecule has 0 spiro atoms. The van der Waals surface area contributed by atoms with E-state index in [0.717, 1.165) is 17.0 Å². The summed E-state index contributed by atoms with van der Waals surface area (Å²) in [6.45, 7) is -0.0702. The molecule has 20 heavy (non-hydrogen) atoms. The van der Waals surface area contributed by atoms with Gasteiger partial charge in [0.15, 0.2) is 11.6 Å². The third kappa shape index (κ3) is 3.59. The van der Waals surface area contributed by atoms with Crippen LogP contribution < -0.4 is 4.90 Å². The maximum atomic E-state index is 13.8. The Morgan fingerprint density at radius 3 is 2.40 bits per heavy atom. The van der Waals surface area contributed by atoms with E-state index in [2.05, 4.69) is 0 Å². The summed E-state index contributed by atoms with van der Waals surface area (Å²) in [5.41, 5.74) is -0.440. The molecule has 1 aliphatic rings. The lowest BCUT2D eigenvalue weighted by molar-refractivity contribution is -0.117. The predicted molar refractivity (Wildman–Crippen MR) is 79.2 cm³/mol. The fourth-order valence-electron chi connectivity index (χ4n) is 2.18. The standard InChI is InChI=1S/C11H9ClF2INO3S/c12-20(18,19)5-6-1-10(17)16(4-6)11-8(13)2-7(15)3-9(11)14/h2-3,6H,1,4-5H2. The first kappa shape index (κ1) is 15.9. The molecule has 1 amide bonds. The van der Waals surface area contributed by atoms with Crippen molar-refractivity contribution in [1.29, 1.82) is 0 Å². The van der Waals surface area contributed by atoms with Crippen LogP contribution in [0, 0.1) is 21.1 Å². The van der Waals surface area contributed by atoms with Crippen LogP contribution in [0.15, 0.2) is 12.1 Å². The number of benzene rings is 1. The van der Waals surface area contributed by atoms with Gasteiger partial charge in [0.25, 0.3) is 0 Å². The molecule has 0 aliphatic carbocycles. The van der Waals surface area contributed by atoms with E-state index in [9.17, 15) is 22.0 Å². The Balaban J connectivity index is 2.29. The Labute approximate surface area is 132 Å². The molecule has 1 atom stereocenters. The third-order valence-electron chi connectivity index (χ3n) is 2.89. The van der Waals surface area contributed by atoms with E-state index in [0.29, 0.717) is 3.57 Å². The van der Waals surface area contributed by atoms with E-state index in [1.165, 1.54) is 0 Å². The van der Waals surface area contributed by atoms with Gasteiger partial charge in [-0.3, -0.25) is 4.79 Å². The average Bonchev–Trinajstić information content (AvgIpc) is 2.55. The molecule has 0 aromatic heterocycles. The van der Waals surface area contributed by atoms with E-state index >= 15 is 0 Å². The van der Waals surface area contributed by atoms with Crippen molar-refractivity contribution in [1.82, 2.24) is 0 Å². The number of nitrogens with zero attached hydrogens (tertiary/aromatic N) is 1. The number of carbonyl (C=O) groups is 1. The van der Waals surface area contributed by atoms with Crippen molar-refractivity contribution in [3.05, 3.63) is 27.3 Å². The van der Waals surface area contributed by atoms with Gasteiger partial charge >= 0.3 is 0 Å². The van der Waals surface area contributed by atoms with Crippen molar-refractivity contribution in [3.8, 4) is 0 Å². The highest BCUT2D eigenvalue weighted by molar-refractivity contribution is 14.1. The topological polar surface area (TPSA) is 54.5 Å². The summed E-state index contributed by atoms with van der Waals surface area (Å²) in [7, 11) is 1.37. The molecular weight excluding hydrogens is 427 g/mol. The molecule has 1 aromatic carbocycles. The van der Waals surface area contributed by atoms with Gasteiger partial charge in [-0.1, -0.05) is 0 Å². The summed E-state index contributed by atoms with van der Waals surface area (Å²) in [4.78, 5) is 12.8. The molecule has 0 saturated carbocycles. The lowest BCUT2D eigenvalue weighted by atomic mass is 10.1. The molecule has 9 heteroatoms. The summed E-state index contributed by atoms with van der Waals surface area (Å²) >= 11 is 1.76. The first-order valence-electron chi connectivity index (χ1n) is 5.54. The summed E-state index contributed by atoms with van der Waals surface area (Å²) in [5, 5.41) is 0. The Kier molecular flexibility index (Phi) is 4.55. The van der Waals surface area contributed by atoms with Gasteiger partial charge in [-0.2, -0.15) is 0 Å². The van der Waals surface area contributed by atoms with E-state index in [-0.39, 0.29) is 13.0 Å². The summed E-state index contributed by atoms with van der Waals surface area (Å²) in [6, 6.07) is 2.22. The molecule has 1 saturated heterocycles. The fourth-order valence-corrected chi connectivity index (χ4v) is 4.05. The minimum atomic E-state index is -3.76. The van der Waals surface area contributed by atoms with Crippen LogP contribution >= 0.6 is 33.3 Å². The Morgan fingerprint density at radius 2 is 1.90 bits per heavy atom. The molecule has 0 bridgehead atoms. The molecule has 1 aliphatic heterocycles. The van der Waals surface area contributed by atoms with Gasteiger partial charge in [0.05, 0.1) is 5.75 Å². The van der Waals surface area contributed by atoms with Crippen molar-refractivity contribution in [2.45, 2.75) is 6.42 Å². The molecule has 1 unspecified atom stereocenters. The van der Waals surface area contributed by atoms with Crippen molar-refractivity contribution < 1.29 is 22.0 Å². The van der Waals surface area contributed by atoms with E-state index in [1.54, 1.807) is 22.6 Å². The molecule has 0 radical (unpaired) electrons. The Hall–Kier alpha value is -0.480. The number of hydrogen-bond acceptors (Lipinski definition) is 3. The number of halogens is 4. The van der Waals surface area contributed by atoms with Crippen molar-refractivity contribution >= 4 is 53.9 Å². The number of rotatable bonds is 3. The van der Waals surface area contributed by atoms with Gasteiger partial charge in [0, 0.05) is 33.1 Å². The molecule has 0 N–H and O–H groups in total. The lowest BCUT2D eigenvalue weighted by Gasteiger charge is -2.18. The van der Waals surface area contributed by atoms with Crippen LogP contribution in [-0.2, 0) is 13.8 Å². The van der Waals surface area contributed by atoms with Gasteiger partial charge in [-0.05, 0) is 34.7 Å². The van der Waals surface area contributed by atoms with Crippen LogP contribution in [0.4, 0.5) is 14.5 Å². The van der Waals surface area contributed by atoms with Crippen molar-refractivity contribution in [2.24, 2.45) is 5.92 Å². The number of anilines is 1. The van der Waals surface area contributed by atoms with Gasteiger partial charge in [-0.25, -0.2) is 17.2 Å². The van der Waals surface area contributed by atoms with Crippen LogP contribution in [-0.4, -0.2) is 26.6 Å². The lowest BCUT2D eigenvalue weighted by Crippen LogP contribution is -2.27. The van der Waals surface area contributed by atoms with E-state index in [4.69, 9.17) is 10.7 Å². The highest BCUT2D eigenvalue weighted by Crippen LogP contribution is 2.31. The molecule has 2 rings (SSSR count).